The first-order valence-electron chi connectivity index (χ1n) is 6.84. The highest BCUT2D eigenvalue weighted by atomic mass is 32.2. The number of rotatable bonds is 3. The van der Waals surface area contributed by atoms with Gasteiger partial charge in [-0.05, 0) is 26.0 Å². The number of carbonyl (C=O) groups is 1. The molecule has 1 N–H and O–H groups in total. The molecule has 1 aromatic rings. The second kappa shape index (κ2) is 6.20. The van der Waals surface area contributed by atoms with Crippen LogP contribution in [-0.4, -0.2) is 49.6 Å². The fraction of sp³-hybridized carbons (Fsp3) is 0.400. The van der Waals surface area contributed by atoms with Crippen LogP contribution in [0.2, 0.25) is 0 Å². The lowest BCUT2D eigenvalue weighted by Gasteiger charge is -2.34. The summed E-state index contributed by atoms with van der Waals surface area (Å²) in [4.78, 5) is 11.7. The minimum atomic E-state index is -3.74. The number of hydrogen-bond donors (Lipinski definition) is 1. The third-order valence-corrected chi connectivity index (χ3v) is 5.74. The molecule has 0 saturated heterocycles. The van der Waals surface area contributed by atoms with Crippen LogP contribution in [0.15, 0.2) is 40.8 Å². The Morgan fingerprint density at radius 3 is 2.45 bits per heavy atom. The van der Waals surface area contributed by atoms with Crippen LogP contribution in [0, 0.1) is 6.92 Å². The number of nitrogens with zero attached hydrogens (tertiary/aromatic N) is 1. The summed E-state index contributed by atoms with van der Waals surface area (Å²) in [5, 5.41) is 10.2. The lowest BCUT2D eigenvalue weighted by molar-refractivity contribution is -0.137. The van der Waals surface area contributed by atoms with Crippen molar-refractivity contribution in [2.24, 2.45) is 0 Å². The van der Waals surface area contributed by atoms with Gasteiger partial charge in [0, 0.05) is 6.54 Å². The number of aliphatic hydroxyl groups excluding tert-OH is 1. The molecule has 0 amide bonds. The van der Waals surface area contributed by atoms with E-state index in [4.69, 9.17) is 0 Å². The topological polar surface area (TPSA) is 83.9 Å². The highest BCUT2D eigenvalue weighted by Crippen LogP contribution is 2.26. The van der Waals surface area contributed by atoms with E-state index >= 15 is 0 Å². The van der Waals surface area contributed by atoms with Crippen molar-refractivity contribution in [1.29, 1.82) is 0 Å². The van der Waals surface area contributed by atoms with Gasteiger partial charge in [-0.1, -0.05) is 23.8 Å². The molecule has 1 aliphatic heterocycles. The van der Waals surface area contributed by atoms with Gasteiger partial charge in [0.2, 0.25) is 10.0 Å². The van der Waals surface area contributed by atoms with Crippen molar-refractivity contribution in [3.8, 4) is 0 Å². The number of esters is 1. The van der Waals surface area contributed by atoms with E-state index in [9.17, 15) is 18.3 Å². The summed E-state index contributed by atoms with van der Waals surface area (Å²) < 4.78 is 31.1. The van der Waals surface area contributed by atoms with Crippen molar-refractivity contribution in [2.75, 3.05) is 13.7 Å². The van der Waals surface area contributed by atoms with E-state index in [-0.39, 0.29) is 17.0 Å². The summed E-state index contributed by atoms with van der Waals surface area (Å²) in [7, 11) is -2.52. The fourth-order valence-electron chi connectivity index (χ4n) is 2.38. The number of benzene rings is 1. The van der Waals surface area contributed by atoms with E-state index in [2.05, 4.69) is 4.74 Å². The molecule has 1 aliphatic rings. The summed E-state index contributed by atoms with van der Waals surface area (Å²) in [5.41, 5.74) is 1.05. The number of aryl methyl sites for hydroxylation is 1. The number of sulfonamides is 1. The summed E-state index contributed by atoms with van der Waals surface area (Å²) in [6.07, 6.45) is 0.170. The van der Waals surface area contributed by atoms with Gasteiger partial charge in [0.25, 0.3) is 0 Å². The molecule has 2 unspecified atom stereocenters. The van der Waals surface area contributed by atoms with Gasteiger partial charge in [-0.25, -0.2) is 13.2 Å². The van der Waals surface area contributed by atoms with Crippen molar-refractivity contribution < 1.29 is 23.1 Å². The van der Waals surface area contributed by atoms with E-state index < -0.39 is 28.1 Å². The van der Waals surface area contributed by atoms with Crippen molar-refractivity contribution in [2.45, 2.75) is 30.9 Å². The predicted molar refractivity (Wildman–Crippen MR) is 80.6 cm³/mol. The van der Waals surface area contributed by atoms with Gasteiger partial charge in [-0.2, -0.15) is 4.31 Å². The lowest BCUT2D eigenvalue weighted by Crippen LogP contribution is -2.50. The van der Waals surface area contributed by atoms with Gasteiger partial charge in [0.1, 0.15) is 6.10 Å². The molecule has 0 aliphatic carbocycles. The van der Waals surface area contributed by atoms with Crippen LogP contribution in [0.25, 0.3) is 0 Å². The number of ether oxygens (including phenoxy) is 1. The van der Waals surface area contributed by atoms with Crippen LogP contribution in [0.4, 0.5) is 0 Å². The number of carbonyl (C=O) groups excluding carboxylic acids is 1. The first-order valence-corrected chi connectivity index (χ1v) is 8.28. The molecule has 1 aromatic carbocycles. The van der Waals surface area contributed by atoms with Crippen LogP contribution in [0.5, 0.6) is 0 Å². The van der Waals surface area contributed by atoms with Gasteiger partial charge in [0.05, 0.1) is 23.6 Å². The smallest absolute Gasteiger partial charge is 0.336 e. The van der Waals surface area contributed by atoms with E-state index in [0.717, 1.165) is 5.56 Å². The maximum atomic E-state index is 12.7. The van der Waals surface area contributed by atoms with Crippen LogP contribution in [0.1, 0.15) is 12.5 Å². The van der Waals surface area contributed by atoms with E-state index in [1.165, 1.54) is 29.6 Å². The monoisotopic (exact) mass is 325 g/mol. The van der Waals surface area contributed by atoms with Crippen molar-refractivity contribution in [3.63, 3.8) is 0 Å². The zero-order valence-electron chi connectivity index (χ0n) is 12.7. The third kappa shape index (κ3) is 2.92. The van der Waals surface area contributed by atoms with Crippen LogP contribution in [-0.2, 0) is 19.6 Å². The predicted octanol–water partition coefficient (Wildman–Crippen LogP) is 0.848. The fourth-order valence-corrected chi connectivity index (χ4v) is 3.95. The average Bonchev–Trinajstić information content (AvgIpc) is 2.49. The first-order chi connectivity index (χ1) is 10.3. The molecular formula is C15H19NO5S. The summed E-state index contributed by atoms with van der Waals surface area (Å²) in [6.45, 7) is 3.44. The highest BCUT2D eigenvalue weighted by Gasteiger charge is 2.38. The molecule has 0 spiro atoms. The molecule has 120 valence electrons. The van der Waals surface area contributed by atoms with Crippen molar-refractivity contribution in [3.05, 3.63) is 41.5 Å². The SMILES string of the molecule is COC(=O)C1=CCN(S(=O)(=O)c2ccc(C)cc2)C(C)C1O. The minimum Gasteiger partial charge on any atom is -0.466 e. The normalized spacial score (nSPS) is 23.0. The third-order valence-electron chi connectivity index (χ3n) is 3.77. The Balaban J connectivity index is 2.35. The molecule has 2 rings (SSSR count). The van der Waals surface area contributed by atoms with Gasteiger partial charge in [0.15, 0.2) is 0 Å². The largest absolute Gasteiger partial charge is 0.466 e. The summed E-state index contributed by atoms with van der Waals surface area (Å²) >= 11 is 0. The molecular weight excluding hydrogens is 306 g/mol. The molecule has 22 heavy (non-hydrogen) atoms. The van der Waals surface area contributed by atoms with Crippen molar-refractivity contribution >= 4 is 16.0 Å². The molecule has 0 fully saturated rings. The Bertz CT molecular complexity index is 693. The average molecular weight is 325 g/mol. The van der Waals surface area contributed by atoms with Crippen LogP contribution < -0.4 is 0 Å². The van der Waals surface area contributed by atoms with Gasteiger partial charge < -0.3 is 9.84 Å². The van der Waals surface area contributed by atoms with Crippen LogP contribution in [0.3, 0.4) is 0 Å². The standard InChI is InChI=1S/C15H19NO5S/c1-10-4-6-12(7-5-10)22(19,20)16-9-8-13(15(18)21-3)14(17)11(16)2/h4-8,11,14,17H,9H2,1-3H3. The number of hydrogen-bond acceptors (Lipinski definition) is 5. The van der Waals surface area contributed by atoms with Crippen LogP contribution >= 0.6 is 0 Å². The zero-order chi connectivity index (χ0) is 16.5. The second-order valence-corrected chi connectivity index (χ2v) is 7.11. The van der Waals surface area contributed by atoms with E-state index in [0.29, 0.717) is 0 Å². The van der Waals surface area contributed by atoms with E-state index in [1.54, 1.807) is 19.1 Å². The zero-order valence-corrected chi connectivity index (χ0v) is 13.5. The Hall–Kier alpha value is -1.70. The molecule has 0 radical (unpaired) electrons. The Labute approximate surface area is 130 Å². The van der Waals surface area contributed by atoms with Gasteiger partial charge in [-0.15, -0.1) is 0 Å². The van der Waals surface area contributed by atoms with E-state index in [1.807, 2.05) is 6.92 Å². The Kier molecular flexibility index (Phi) is 4.69. The molecule has 1 heterocycles. The second-order valence-electron chi connectivity index (χ2n) is 5.22. The Morgan fingerprint density at radius 1 is 1.32 bits per heavy atom. The molecule has 7 heteroatoms. The highest BCUT2D eigenvalue weighted by molar-refractivity contribution is 7.89. The summed E-state index contributed by atoms with van der Waals surface area (Å²) in [6, 6.07) is 5.74. The Morgan fingerprint density at radius 2 is 1.91 bits per heavy atom. The maximum absolute atomic E-state index is 12.7. The minimum absolute atomic E-state index is 0.0128. The number of aliphatic hydroxyl groups is 1. The maximum Gasteiger partial charge on any atom is 0.336 e. The molecule has 0 aromatic heterocycles. The lowest BCUT2D eigenvalue weighted by atomic mass is 10.00. The summed E-state index contributed by atoms with van der Waals surface area (Å²) in [5.74, 6) is -0.647. The van der Waals surface area contributed by atoms with Crippen molar-refractivity contribution in [1.82, 2.24) is 4.31 Å². The molecule has 2 atom stereocenters. The molecule has 0 saturated carbocycles. The molecule has 6 nitrogen and oxygen atoms in total. The van der Waals surface area contributed by atoms with Gasteiger partial charge in [-0.3, -0.25) is 0 Å². The number of methoxy groups -OCH3 is 1. The first kappa shape index (κ1) is 16.7. The quantitative estimate of drug-likeness (QED) is 0.833. The van der Waals surface area contributed by atoms with Gasteiger partial charge >= 0.3 is 5.97 Å². The molecule has 0 bridgehead atoms.